The summed E-state index contributed by atoms with van der Waals surface area (Å²) in [6.45, 7) is 8.45. The summed E-state index contributed by atoms with van der Waals surface area (Å²) in [4.78, 5) is 45.8. The number of aliphatic hydroxyl groups excluding tert-OH is 2. The van der Waals surface area contributed by atoms with Gasteiger partial charge >= 0.3 is 0 Å². The van der Waals surface area contributed by atoms with Crippen molar-refractivity contribution < 1.29 is 19.8 Å². The minimum absolute atomic E-state index is 0.0599. The number of benzene rings is 2. The fraction of sp³-hybridized carbons (Fsp3) is 0.559. The topological polar surface area (TPSA) is 126 Å². The zero-order chi connectivity index (χ0) is 31.7. The minimum atomic E-state index is -0.872. The minimum Gasteiger partial charge on any atom is -0.394 e. The highest BCUT2D eigenvalue weighted by molar-refractivity contribution is 5.86. The van der Waals surface area contributed by atoms with Crippen LogP contribution in [0.2, 0.25) is 0 Å². The first-order chi connectivity index (χ1) is 20.8. The molecule has 10 nitrogen and oxygen atoms in total. The first-order valence-electron chi connectivity index (χ1n) is 15.7. The molecular formula is C34H44N4O6. The van der Waals surface area contributed by atoms with Crippen molar-refractivity contribution in [3.63, 3.8) is 0 Å². The van der Waals surface area contributed by atoms with E-state index in [4.69, 9.17) is 4.84 Å². The van der Waals surface area contributed by atoms with Gasteiger partial charge in [-0.05, 0) is 77.8 Å². The molecule has 3 aliphatic carbocycles. The molecule has 4 aliphatic rings. The molecule has 236 valence electrons. The van der Waals surface area contributed by atoms with Crippen LogP contribution in [-0.2, 0) is 30.3 Å². The lowest BCUT2D eigenvalue weighted by molar-refractivity contribution is -0.183. The Kier molecular flexibility index (Phi) is 7.85. The third-order valence-electron chi connectivity index (χ3n) is 11.2. The van der Waals surface area contributed by atoms with Crippen molar-refractivity contribution in [2.24, 2.45) is 43.2 Å². The molecule has 2 heterocycles. The van der Waals surface area contributed by atoms with Crippen LogP contribution in [0.4, 0.5) is 0 Å². The van der Waals surface area contributed by atoms with Crippen LogP contribution in [0.15, 0.2) is 52.1 Å². The molecule has 0 unspecified atom stereocenters. The Morgan fingerprint density at radius 2 is 1.73 bits per heavy atom. The maximum absolute atomic E-state index is 14.0. The van der Waals surface area contributed by atoms with E-state index >= 15 is 0 Å². The molecule has 1 saturated heterocycles. The molecule has 44 heavy (non-hydrogen) atoms. The molecule has 10 heteroatoms. The molecule has 1 amide bonds. The van der Waals surface area contributed by atoms with Crippen molar-refractivity contribution in [3.05, 3.63) is 68.7 Å². The van der Waals surface area contributed by atoms with E-state index in [9.17, 15) is 24.6 Å². The van der Waals surface area contributed by atoms with E-state index in [0.717, 1.165) is 23.1 Å². The maximum Gasteiger partial charge on any atom is 0.273 e. The number of hydroxylamine groups is 2. The molecule has 3 saturated carbocycles. The number of nitrogens with zero attached hydrogens (tertiary/aromatic N) is 3. The third-order valence-corrected chi connectivity index (χ3v) is 11.2. The summed E-state index contributed by atoms with van der Waals surface area (Å²) in [6.07, 6.45) is 0.559. The zero-order valence-electron chi connectivity index (χ0n) is 26.4. The Balaban J connectivity index is 1.27. The number of carbonyl (C=O) groups excluding carboxylic acids is 1. The number of carbonyl (C=O) groups is 1. The average Bonchev–Trinajstić information content (AvgIpc) is 3.38. The Hall–Kier alpha value is -3.31. The van der Waals surface area contributed by atoms with Gasteiger partial charge in [0.15, 0.2) is 0 Å². The number of aliphatic hydroxyl groups is 2. The van der Waals surface area contributed by atoms with E-state index in [1.807, 2.05) is 30.3 Å². The average molecular weight is 605 g/mol. The highest BCUT2D eigenvalue weighted by atomic mass is 16.7. The molecule has 2 bridgehead atoms. The summed E-state index contributed by atoms with van der Waals surface area (Å²) in [5.41, 5.74) is 2.28. The van der Waals surface area contributed by atoms with Crippen LogP contribution in [0.25, 0.3) is 21.9 Å². The molecule has 0 spiro atoms. The second kappa shape index (κ2) is 11.2. The van der Waals surface area contributed by atoms with Crippen molar-refractivity contribution in [2.75, 3.05) is 6.61 Å². The van der Waals surface area contributed by atoms with Crippen molar-refractivity contribution in [3.8, 4) is 11.1 Å². The van der Waals surface area contributed by atoms with Crippen LogP contribution in [0, 0.1) is 29.1 Å². The van der Waals surface area contributed by atoms with E-state index < -0.39 is 24.2 Å². The maximum atomic E-state index is 14.0. The monoisotopic (exact) mass is 604 g/mol. The third kappa shape index (κ3) is 4.92. The number of nitrogens with one attached hydrogen (secondary N) is 1. The fourth-order valence-electron chi connectivity index (χ4n) is 8.22. The van der Waals surface area contributed by atoms with Crippen molar-refractivity contribution in [2.45, 2.75) is 71.4 Å². The van der Waals surface area contributed by atoms with E-state index in [1.165, 1.54) is 15.8 Å². The molecule has 7 rings (SSSR count). The highest BCUT2D eigenvalue weighted by Gasteiger charge is 2.57. The predicted octanol–water partition coefficient (Wildman–Crippen LogP) is 2.56. The van der Waals surface area contributed by atoms with Crippen LogP contribution in [0.3, 0.4) is 0 Å². The Morgan fingerprint density at radius 3 is 2.36 bits per heavy atom. The van der Waals surface area contributed by atoms with E-state index in [2.05, 4.69) is 26.1 Å². The Labute approximate surface area is 257 Å². The predicted molar refractivity (Wildman–Crippen MR) is 167 cm³/mol. The fourth-order valence-corrected chi connectivity index (χ4v) is 8.22. The SMILES string of the molecule is C[C@@H]1[C@@H](NC(=O)[C@@H]2[C@H]([C@H](C)O)[C@H](CO)ON2Cc2cccc(-c3ccc4c(=O)n(C)n(C)c(=O)c4c3)c2)C[C@@H]2C[C@H]1C2(C)C. The lowest BCUT2D eigenvalue weighted by atomic mass is 9.45. The summed E-state index contributed by atoms with van der Waals surface area (Å²) < 4.78 is 2.60. The standard InChI is InChI=1S/C34H44N4O6/c1-18-26-14-23(34(26,3)4)15-27(18)35-31(41)30-29(19(2)40)28(17-39)44-38(30)16-20-8-7-9-21(12-20)22-10-11-24-25(13-22)33(43)37(6)36(5)32(24)42/h7-13,18-19,23,26-30,39-40H,14-17H2,1-6H3,(H,35,41)/t18-,19-,23-,26+,27-,28-,29+,30-/m0/s1. The molecular weight excluding hydrogens is 560 g/mol. The summed E-state index contributed by atoms with van der Waals surface area (Å²) in [7, 11) is 3.13. The Morgan fingerprint density at radius 1 is 1.05 bits per heavy atom. The quantitative estimate of drug-likeness (QED) is 0.379. The van der Waals surface area contributed by atoms with E-state index in [-0.39, 0.29) is 36.2 Å². The summed E-state index contributed by atoms with van der Waals surface area (Å²) in [5.74, 6) is 0.715. The van der Waals surface area contributed by atoms with Crippen LogP contribution >= 0.6 is 0 Å². The summed E-state index contributed by atoms with van der Waals surface area (Å²) in [5, 5.41) is 26.5. The van der Waals surface area contributed by atoms with Gasteiger partial charge in [-0.1, -0.05) is 45.0 Å². The first-order valence-corrected chi connectivity index (χ1v) is 15.7. The largest absolute Gasteiger partial charge is 0.394 e. The van der Waals surface area contributed by atoms with Gasteiger partial charge in [0.25, 0.3) is 11.1 Å². The second-order valence-electron chi connectivity index (χ2n) is 13.9. The molecule has 3 N–H and O–H groups in total. The van der Waals surface area contributed by atoms with E-state index in [1.54, 1.807) is 38.2 Å². The normalized spacial score (nSPS) is 30.2. The Bertz CT molecular complexity index is 1710. The van der Waals surface area contributed by atoms with Crippen molar-refractivity contribution in [1.29, 1.82) is 0 Å². The number of amides is 1. The second-order valence-corrected chi connectivity index (χ2v) is 13.9. The molecule has 8 atom stereocenters. The number of rotatable bonds is 7. The number of aromatic nitrogens is 2. The van der Waals surface area contributed by atoms with E-state index in [0.29, 0.717) is 33.9 Å². The van der Waals surface area contributed by atoms with Crippen molar-refractivity contribution >= 4 is 16.7 Å². The van der Waals surface area contributed by atoms with Gasteiger partial charge < -0.3 is 15.5 Å². The van der Waals surface area contributed by atoms with Crippen LogP contribution < -0.4 is 16.4 Å². The first kappa shape index (κ1) is 30.7. The van der Waals surface area contributed by atoms with Gasteiger partial charge in [-0.15, -0.1) is 0 Å². The summed E-state index contributed by atoms with van der Waals surface area (Å²) in [6, 6.07) is 12.2. The van der Waals surface area contributed by atoms with Gasteiger partial charge in [-0.25, -0.2) is 0 Å². The molecule has 3 aromatic rings. The van der Waals surface area contributed by atoms with Crippen LogP contribution in [-0.4, -0.2) is 61.4 Å². The smallest absolute Gasteiger partial charge is 0.273 e. The van der Waals surface area contributed by atoms with Gasteiger partial charge in [0.05, 0.1) is 30.0 Å². The van der Waals surface area contributed by atoms with Gasteiger partial charge in [0.2, 0.25) is 5.91 Å². The van der Waals surface area contributed by atoms with Crippen molar-refractivity contribution in [1.82, 2.24) is 19.7 Å². The van der Waals surface area contributed by atoms with Gasteiger partial charge in [0.1, 0.15) is 12.1 Å². The van der Waals surface area contributed by atoms with Crippen LogP contribution in [0.5, 0.6) is 0 Å². The number of fused-ring (bicyclic) bond motifs is 3. The van der Waals surface area contributed by atoms with Crippen LogP contribution in [0.1, 0.15) is 46.1 Å². The lowest BCUT2D eigenvalue weighted by Crippen LogP contribution is -2.62. The molecule has 4 fully saturated rings. The lowest BCUT2D eigenvalue weighted by Gasteiger charge is -2.62. The van der Waals surface area contributed by atoms with Gasteiger partial charge in [-0.2, -0.15) is 5.06 Å². The van der Waals surface area contributed by atoms with Gasteiger partial charge in [0, 0.05) is 26.1 Å². The molecule has 1 aromatic heterocycles. The highest BCUT2D eigenvalue weighted by Crippen LogP contribution is 2.61. The molecule has 0 radical (unpaired) electrons. The van der Waals surface area contributed by atoms with Gasteiger partial charge in [-0.3, -0.25) is 28.6 Å². The number of hydrogen-bond donors (Lipinski definition) is 3. The number of hydrogen-bond acceptors (Lipinski definition) is 7. The molecule has 1 aliphatic heterocycles. The summed E-state index contributed by atoms with van der Waals surface area (Å²) >= 11 is 0. The zero-order valence-corrected chi connectivity index (χ0v) is 26.4. The molecule has 2 aromatic carbocycles.